The van der Waals surface area contributed by atoms with Crippen LogP contribution in [-0.2, 0) is 47.8 Å². The zero-order chi connectivity index (χ0) is 28.4. The number of hydrogen-bond donors (Lipinski definition) is 1. The van der Waals surface area contributed by atoms with Gasteiger partial charge in [-0.25, -0.2) is 0 Å². The molecule has 4 atom stereocenters. The lowest BCUT2D eigenvalue weighted by Gasteiger charge is -2.42. The fourth-order valence-corrected chi connectivity index (χ4v) is 4.04. The summed E-state index contributed by atoms with van der Waals surface area (Å²) >= 11 is 0. The van der Waals surface area contributed by atoms with E-state index in [0.29, 0.717) is 19.3 Å². The fraction of sp³-hybridized carbons (Fsp3) is 0.692. The lowest BCUT2D eigenvalue weighted by Crippen LogP contribution is -2.63. The number of Topliss-reactive ketones (excluding diaryl/α,β-unsaturated/α-hetero) is 4. The summed E-state index contributed by atoms with van der Waals surface area (Å²) in [5, 5.41) is 3.24. The summed E-state index contributed by atoms with van der Waals surface area (Å²) in [6.07, 6.45) is 5.54. The van der Waals surface area contributed by atoms with Gasteiger partial charge in [-0.3, -0.25) is 28.8 Å². The number of fused-ring (bicyclic) bond motifs is 2. The minimum absolute atomic E-state index is 0. The van der Waals surface area contributed by atoms with E-state index >= 15 is 0 Å². The van der Waals surface area contributed by atoms with Crippen molar-refractivity contribution in [3.05, 3.63) is 0 Å². The van der Waals surface area contributed by atoms with Crippen LogP contribution in [-0.4, -0.2) is 72.9 Å². The second-order valence-electron chi connectivity index (χ2n) is 8.73. The summed E-state index contributed by atoms with van der Waals surface area (Å²) in [7, 11) is 0. The molecule has 2 aliphatic heterocycles. The Kier molecular flexibility index (Phi) is 20.8. The topological polar surface area (TPSA) is 167 Å². The number of halogens is 1. The Balaban J connectivity index is 0. The van der Waals surface area contributed by atoms with Gasteiger partial charge in [-0.2, -0.15) is 0 Å². The van der Waals surface area contributed by atoms with Crippen molar-refractivity contribution in [1.29, 1.82) is 0 Å². The molecule has 216 valence electrons. The molecule has 11 nitrogen and oxygen atoms in total. The van der Waals surface area contributed by atoms with Gasteiger partial charge >= 0.3 is 11.9 Å². The van der Waals surface area contributed by atoms with Crippen LogP contribution in [0, 0.1) is 11.8 Å². The molecule has 2 fully saturated rings. The summed E-state index contributed by atoms with van der Waals surface area (Å²) in [6, 6.07) is -0.433. The van der Waals surface area contributed by atoms with Crippen molar-refractivity contribution < 1.29 is 47.8 Å². The van der Waals surface area contributed by atoms with Gasteiger partial charge in [-0.1, -0.05) is 6.42 Å². The molecule has 38 heavy (non-hydrogen) atoms. The quantitative estimate of drug-likeness (QED) is 0.160. The molecule has 0 aromatic rings. The smallest absolute Gasteiger partial charge is 0.318 e. The van der Waals surface area contributed by atoms with E-state index in [0.717, 1.165) is 31.8 Å². The lowest BCUT2D eigenvalue weighted by atomic mass is 9.72. The number of carbonyl (C=O) groups is 8. The van der Waals surface area contributed by atoms with Crippen molar-refractivity contribution in [3.63, 3.8) is 0 Å². The molecular formula is C26H40ClNO10. The van der Waals surface area contributed by atoms with Crippen LogP contribution in [0.25, 0.3) is 0 Å². The number of nitrogens with one attached hydrogen (secondary N) is 1. The Morgan fingerprint density at radius 3 is 1.53 bits per heavy atom. The number of hydrogen-bond acceptors (Lipinski definition) is 11. The summed E-state index contributed by atoms with van der Waals surface area (Å²) in [5.74, 6) is -3.87. The zero-order valence-corrected chi connectivity index (χ0v) is 23.3. The SMILES string of the molecule is CC(=O)CC(=O)CC(C)=O.CCOC(=O)C1C(=O)C(C(=O)OCC)C2CCCC1N2.Cl.O=CCCCC=O. The van der Waals surface area contributed by atoms with E-state index in [1.807, 2.05) is 0 Å². The van der Waals surface area contributed by atoms with Crippen LogP contribution >= 0.6 is 12.4 Å². The number of carbonyl (C=O) groups excluding carboxylic acids is 8. The first-order chi connectivity index (χ1) is 17.5. The van der Waals surface area contributed by atoms with Gasteiger partial charge in [0.25, 0.3) is 0 Å². The Labute approximate surface area is 229 Å². The molecule has 2 bridgehead atoms. The van der Waals surface area contributed by atoms with Crippen molar-refractivity contribution >= 4 is 60.1 Å². The van der Waals surface area contributed by atoms with Crippen molar-refractivity contribution in [2.75, 3.05) is 13.2 Å². The third kappa shape index (κ3) is 14.2. The molecule has 0 spiro atoms. The van der Waals surface area contributed by atoms with E-state index in [-0.39, 0.29) is 73.7 Å². The molecular weight excluding hydrogens is 522 g/mol. The van der Waals surface area contributed by atoms with Gasteiger partial charge in [0.2, 0.25) is 0 Å². The molecule has 2 heterocycles. The highest BCUT2D eigenvalue weighted by molar-refractivity contribution is 6.10. The highest BCUT2D eigenvalue weighted by Gasteiger charge is 2.52. The van der Waals surface area contributed by atoms with E-state index < -0.39 is 23.8 Å². The molecule has 2 rings (SSSR count). The van der Waals surface area contributed by atoms with E-state index in [1.165, 1.54) is 13.8 Å². The lowest BCUT2D eigenvalue weighted by molar-refractivity contribution is -0.163. The highest BCUT2D eigenvalue weighted by Crippen LogP contribution is 2.33. The first-order valence-corrected chi connectivity index (χ1v) is 12.5. The van der Waals surface area contributed by atoms with Crippen molar-refractivity contribution in [2.45, 2.75) is 91.1 Å². The van der Waals surface area contributed by atoms with Gasteiger partial charge in [0.1, 0.15) is 41.8 Å². The van der Waals surface area contributed by atoms with Gasteiger partial charge in [-0.05, 0) is 47.0 Å². The number of ketones is 4. The molecule has 0 aromatic carbocycles. The summed E-state index contributed by atoms with van der Waals surface area (Å²) < 4.78 is 9.96. The number of esters is 2. The maximum absolute atomic E-state index is 12.5. The molecule has 0 amide bonds. The standard InChI is InChI=1S/C14H21NO5.C7H10O3.C5H8O2.ClH/c1-3-19-13(17)10-8-6-5-7-9(15-8)11(12(10)16)14(18)20-4-2;1-5(8)3-7(10)4-6(2)9;6-4-2-1-3-5-7;/h8-11,15H,3-7H2,1-2H3;3-4H2,1-2H3;4-5H,1-3H2;1H. The second-order valence-corrected chi connectivity index (χ2v) is 8.73. The van der Waals surface area contributed by atoms with Crippen molar-refractivity contribution in [2.24, 2.45) is 11.8 Å². The molecule has 4 unspecified atom stereocenters. The number of unbranched alkanes of at least 4 members (excludes halogenated alkanes) is 2. The van der Waals surface area contributed by atoms with Crippen LogP contribution in [0.1, 0.15) is 79.1 Å². The minimum Gasteiger partial charge on any atom is -0.465 e. The maximum atomic E-state index is 12.5. The number of piperidine rings is 2. The van der Waals surface area contributed by atoms with E-state index in [4.69, 9.17) is 9.47 Å². The van der Waals surface area contributed by atoms with Gasteiger partial charge in [0, 0.05) is 24.9 Å². The predicted molar refractivity (Wildman–Crippen MR) is 139 cm³/mol. The number of ether oxygens (including phenoxy) is 2. The number of aldehydes is 2. The summed E-state index contributed by atoms with van der Waals surface area (Å²) in [6.45, 7) is 6.51. The van der Waals surface area contributed by atoms with Crippen molar-refractivity contribution in [3.8, 4) is 0 Å². The molecule has 12 heteroatoms. The monoisotopic (exact) mass is 561 g/mol. The predicted octanol–water partition coefficient (Wildman–Crippen LogP) is 1.93. The van der Waals surface area contributed by atoms with Gasteiger partial charge < -0.3 is 24.4 Å². The molecule has 2 saturated heterocycles. The summed E-state index contributed by atoms with van der Waals surface area (Å²) in [5.41, 5.74) is 0. The molecule has 0 radical (unpaired) electrons. The maximum Gasteiger partial charge on any atom is 0.318 e. The first-order valence-electron chi connectivity index (χ1n) is 12.5. The van der Waals surface area contributed by atoms with Crippen LogP contribution in [0.5, 0.6) is 0 Å². The molecule has 0 aliphatic carbocycles. The average molecular weight is 562 g/mol. The van der Waals surface area contributed by atoms with Crippen LogP contribution in [0.15, 0.2) is 0 Å². The summed E-state index contributed by atoms with van der Waals surface area (Å²) in [4.78, 5) is 86.9. The van der Waals surface area contributed by atoms with Crippen LogP contribution < -0.4 is 5.32 Å². The Morgan fingerprint density at radius 2 is 1.21 bits per heavy atom. The number of rotatable bonds is 12. The highest BCUT2D eigenvalue weighted by atomic mass is 35.5. The minimum atomic E-state index is -0.888. The third-order valence-electron chi connectivity index (χ3n) is 5.49. The molecule has 2 aliphatic rings. The largest absolute Gasteiger partial charge is 0.465 e. The first kappa shape index (κ1) is 37.4. The molecule has 1 N–H and O–H groups in total. The van der Waals surface area contributed by atoms with Gasteiger partial charge in [-0.15, -0.1) is 12.4 Å². The molecule has 0 aromatic heterocycles. The van der Waals surface area contributed by atoms with E-state index in [2.05, 4.69) is 5.32 Å². The Hall–Kier alpha value is -2.79. The second kappa shape index (κ2) is 21.2. The van der Waals surface area contributed by atoms with E-state index in [1.54, 1.807) is 13.8 Å². The van der Waals surface area contributed by atoms with Crippen LogP contribution in [0.3, 0.4) is 0 Å². The van der Waals surface area contributed by atoms with Crippen LogP contribution in [0.4, 0.5) is 0 Å². The van der Waals surface area contributed by atoms with Gasteiger partial charge in [0.15, 0.2) is 5.78 Å². The van der Waals surface area contributed by atoms with E-state index in [9.17, 15) is 38.4 Å². The van der Waals surface area contributed by atoms with Crippen LogP contribution in [0.2, 0.25) is 0 Å². The molecule has 0 saturated carbocycles. The third-order valence-corrected chi connectivity index (χ3v) is 5.49. The zero-order valence-electron chi connectivity index (χ0n) is 22.5. The Bertz CT molecular complexity index is 769. The van der Waals surface area contributed by atoms with Gasteiger partial charge in [0.05, 0.1) is 26.1 Å². The Morgan fingerprint density at radius 1 is 0.816 bits per heavy atom. The normalized spacial score (nSPS) is 21.0. The fourth-order valence-electron chi connectivity index (χ4n) is 4.04. The van der Waals surface area contributed by atoms with Crippen molar-refractivity contribution in [1.82, 2.24) is 5.32 Å². The average Bonchev–Trinajstić information content (AvgIpc) is 2.80.